The summed E-state index contributed by atoms with van der Waals surface area (Å²) in [7, 11) is 0. The van der Waals surface area contributed by atoms with Crippen LogP contribution in [0.15, 0.2) is 229 Å². The second-order valence-electron chi connectivity index (χ2n) is 14.6. The molecule has 58 heavy (non-hydrogen) atoms. The third kappa shape index (κ3) is 5.78. The minimum absolute atomic E-state index is 0.901. The lowest BCUT2D eigenvalue weighted by Gasteiger charge is -2.28. The number of hydrogen-bond donors (Lipinski definition) is 0. The fourth-order valence-corrected chi connectivity index (χ4v) is 8.46. The molecule has 0 saturated carbocycles. The Hall–Kier alpha value is -7.82. The molecule has 11 rings (SSSR count). The Labute approximate surface area is 336 Å². The highest BCUT2D eigenvalue weighted by Gasteiger charge is 2.19. The van der Waals surface area contributed by atoms with Crippen LogP contribution >= 0.6 is 0 Å². The van der Waals surface area contributed by atoms with Gasteiger partial charge in [0.25, 0.3) is 0 Å². The molecular weight excluding hydrogens is 707 g/mol. The summed E-state index contributed by atoms with van der Waals surface area (Å²) in [5.74, 6) is 0. The van der Waals surface area contributed by atoms with Crippen molar-refractivity contribution in [1.29, 1.82) is 0 Å². The molecule has 0 bridgehead atoms. The maximum atomic E-state index is 6.14. The highest BCUT2D eigenvalue weighted by Crippen LogP contribution is 2.42. The smallest absolute Gasteiger partial charge is 0.135 e. The maximum absolute atomic E-state index is 6.14. The second kappa shape index (κ2) is 14.0. The molecule has 2 heterocycles. The largest absolute Gasteiger partial charge is 0.456 e. The number of anilines is 6. The second-order valence-corrected chi connectivity index (χ2v) is 14.6. The molecule has 4 nitrogen and oxygen atoms in total. The summed E-state index contributed by atoms with van der Waals surface area (Å²) in [6.07, 6.45) is 0. The van der Waals surface area contributed by atoms with Gasteiger partial charge in [-0.25, -0.2) is 0 Å². The summed E-state index contributed by atoms with van der Waals surface area (Å²) < 4.78 is 8.50. The predicted octanol–water partition coefficient (Wildman–Crippen LogP) is 15.3. The number of benzene rings is 9. The summed E-state index contributed by atoms with van der Waals surface area (Å²) >= 11 is 0. The highest BCUT2D eigenvalue weighted by atomic mass is 16.3. The summed E-state index contributed by atoms with van der Waals surface area (Å²) in [5.41, 5.74) is 14.1. The van der Waals surface area contributed by atoms with Crippen molar-refractivity contribution in [3.05, 3.63) is 224 Å². The van der Waals surface area contributed by atoms with Crippen LogP contribution in [0.2, 0.25) is 0 Å². The van der Waals surface area contributed by atoms with Crippen LogP contribution in [0.5, 0.6) is 0 Å². The third-order valence-electron chi connectivity index (χ3n) is 11.2. The predicted molar refractivity (Wildman–Crippen MR) is 243 cm³/mol. The number of fused-ring (bicyclic) bond motifs is 6. The van der Waals surface area contributed by atoms with E-state index in [0.717, 1.165) is 72.9 Å². The van der Waals surface area contributed by atoms with Crippen LogP contribution in [0.4, 0.5) is 34.1 Å². The van der Waals surface area contributed by atoms with Crippen LogP contribution in [0.3, 0.4) is 0 Å². The van der Waals surface area contributed by atoms with Crippen LogP contribution in [0.25, 0.3) is 60.6 Å². The zero-order valence-electron chi connectivity index (χ0n) is 31.6. The van der Waals surface area contributed by atoms with Gasteiger partial charge in [-0.2, -0.15) is 0 Å². The van der Waals surface area contributed by atoms with Gasteiger partial charge in [-0.15, -0.1) is 0 Å². The molecule has 0 unspecified atom stereocenters. The van der Waals surface area contributed by atoms with Crippen molar-refractivity contribution in [2.75, 3.05) is 9.80 Å². The van der Waals surface area contributed by atoms with E-state index in [1.54, 1.807) is 0 Å². The van der Waals surface area contributed by atoms with E-state index in [2.05, 4.69) is 227 Å². The standard InChI is InChI=1S/C54H37N3O/c1-4-14-40(15-5-1)55(41-16-6-2-7-17-41)44-29-31-45(32-30-44)56(43-27-24-38(25-28-43)39-26-35-54-50(36-39)48-21-11-13-23-53(48)58-54)46-33-34-52-49(37-46)47-20-10-12-22-51(47)57(52)42-18-8-3-9-19-42/h1-37H. The molecule has 0 atom stereocenters. The van der Waals surface area contributed by atoms with Gasteiger partial charge >= 0.3 is 0 Å². The molecule has 0 radical (unpaired) electrons. The number of hydrogen-bond acceptors (Lipinski definition) is 3. The van der Waals surface area contributed by atoms with Crippen LogP contribution < -0.4 is 9.80 Å². The van der Waals surface area contributed by atoms with Crippen molar-refractivity contribution in [3.63, 3.8) is 0 Å². The number of furan rings is 1. The van der Waals surface area contributed by atoms with Gasteiger partial charge in [-0.05, 0) is 126 Å². The SMILES string of the molecule is c1ccc(N(c2ccccc2)c2ccc(N(c3ccc(-c4ccc5oc6ccccc6c5c4)cc3)c3ccc4c(c3)c3ccccc3n4-c3ccccc3)cc2)cc1. The lowest BCUT2D eigenvalue weighted by atomic mass is 10.0. The summed E-state index contributed by atoms with van der Waals surface area (Å²) in [4.78, 5) is 4.66. The van der Waals surface area contributed by atoms with Crippen molar-refractivity contribution >= 4 is 77.9 Å². The molecule has 0 aliphatic carbocycles. The quantitative estimate of drug-likeness (QED) is 0.155. The molecule has 0 fully saturated rings. The highest BCUT2D eigenvalue weighted by molar-refractivity contribution is 6.11. The van der Waals surface area contributed by atoms with Crippen LogP contribution in [-0.2, 0) is 0 Å². The Morgan fingerprint density at radius 1 is 0.293 bits per heavy atom. The zero-order chi connectivity index (χ0) is 38.4. The molecule has 274 valence electrons. The molecule has 0 saturated heterocycles. The minimum atomic E-state index is 0.901. The Morgan fingerprint density at radius 2 is 0.759 bits per heavy atom. The van der Waals surface area contributed by atoms with E-state index in [0.29, 0.717) is 0 Å². The molecule has 4 heteroatoms. The van der Waals surface area contributed by atoms with Crippen molar-refractivity contribution < 1.29 is 4.42 Å². The molecule has 2 aromatic heterocycles. The van der Waals surface area contributed by atoms with Crippen molar-refractivity contribution in [3.8, 4) is 16.8 Å². The van der Waals surface area contributed by atoms with Gasteiger partial charge in [0.1, 0.15) is 11.2 Å². The average Bonchev–Trinajstić information content (AvgIpc) is 3.84. The van der Waals surface area contributed by atoms with Crippen LogP contribution in [0, 0.1) is 0 Å². The van der Waals surface area contributed by atoms with Gasteiger partial charge in [-0.3, -0.25) is 0 Å². The molecule has 0 aliphatic heterocycles. The van der Waals surface area contributed by atoms with Gasteiger partial charge in [0.05, 0.1) is 11.0 Å². The summed E-state index contributed by atoms with van der Waals surface area (Å²) in [6, 6.07) is 79.9. The average molecular weight is 744 g/mol. The summed E-state index contributed by atoms with van der Waals surface area (Å²) in [6.45, 7) is 0. The minimum Gasteiger partial charge on any atom is -0.456 e. The lowest BCUT2D eigenvalue weighted by molar-refractivity contribution is 0.669. The van der Waals surface area contributed by atoms with Crippen molar-refractivity contribution in [2.24, 2.45) is 0 Å². The number of aromatic nitrogens is 1. The topological polar surface area (TPSA) is 24.6 Å². The molecule has 9 aromatic carbocycles. The van der Waals surface area contributed by atoms with Gasteiger partial charge in [0.15, 0.2) is 0 Å². The van der Waals surface area contributed by atoms with E-state index in [-0.39, 0.29) is 0 Å². The van der Waals surface area contributed by atoms with E-state index in [1.165, 1.54) is 21.8 Å². The monoisotopic (exact) mass is 743 g/mol. The Bertz CT molecular complexity index is 3170. The number of para-hydroxylation sites is 5. The molecular formula is C54H37N3O. The summed E-state index contributed by atoms with van der Waals surface area (Å²) in [5, 5.41) is 4.68. The van der Waals surface area contributed by atoms with Crippen molar-refractivity contribution in [1.82, 2.24) is 4.57 Å². The van der Waals surface area contributed by atoms with E-state index >= 15 is 0 Å². The molecule has 0 aliphatic rings. The fraction of sp³-hybridized carbons (Fsp3) is 0. The first-order chi connectivity index (χ1) is 28.8. The Balaban J connectivity index is 1.05. The maximum Gasteiger partial charge on any atom is 0.135 e. The lowest BCUT2D eigenvalue weighted by Crippen LogP contribution is -2.12. The first-order valence-corrected chi connectivity index (χ1v) is 19.7. The van der Waals surface area contributed by atoms with E-state index in [1.807, 2.05) is 12.1 Å². The van der Waals surface area contributed by atoms with E-state index < -0.39 is 0 Å². The first kappa shape index (κ1) is 33.5. The number of rotatable bonds is 8. The Morgan fingerprint density at radius 3 is 1.43 bits per heavy atom. The van der Waals surface area contributed by atoms with Crippen molar-refractivity contribution in [2.45, 2.75) is 0 Å². The molecule has 11 aromatic rings. The van der Waals surface area contributed by atoms with Gasteiger partial charge in [-0.1, -0.05) is 109 Å². The first-order valence-electron chi connectivity index (χ1n) is 19.7. The molecule has 0 spiro atoms. The Kier molecular flexibility index (Phi) is 8.11. The van der Waals surface area contributed by atoms with Gasteiger partial charge < -0.3 is 18.8 Å². The van der Waals surface area contributed by atoms with Gasteiger partial charge in [0.2, 0.25) is 0 Å². The van der Waals surface area contributed by atoms with Gasteiger partial charge in [0, 0.05) is 61.4 Å². The zero-order valence-corrected chi connectivity index (χ0v) is 31.6. The van der Waals surface area contributed by atoms with Crippen LogP contribution in [0.1, 0.15) is 0 Å². The fourth-order valence-electron chi connectivity index (χ4n) is 8.46. The molecule has 0 amide bonds. The molecule has 0 N–H and O–H groups in total. The normalized spacial score (nSPS) is 11.4. The van der Waals surface area contributed by atoms with Crippen LogP contribution in [-0.4, -0.2) is 4.57 Å². The van der Waals surface area contributed by atoms with E-state index in [9.17, 15) is 0 Å². The van der Waals surface area contributed by atoms with E-state index in [4.69, 9.17) is 4.42 Å². The number of nitrogens with zero attached hydrogens (tertiary/aromatic N) is 3. The third-order valence-corrected chi connectivity index (χ3v) is 11.2.